The van der Waals surface area contributed by atoms with Crippen molar-refractivity contribution in [2.45, 2.75) is 65.0 Å². The number of aromatic amines is 1. The van der Waals surface area contributed by atoms with E-state index in [1.54, 1.807) is 12.1 Å². The minimum absolute atomic E-state index is 0.142. The van der Waals surface area contributed by atoms with Gasteiger partial charge in [-0.25, -0.2) is 5.10 Å². The topological polar surface area (TPSA) is 114 Å². The quantitative estimate of drug-likeness (QED) is 0.612. The Balaban J connectivity index is 1.83. The molecule has 1 aliphatic heterocycles. The first-order valence-corrected chi connectivity index (χ1v) is 11.4. The third-order valence-corrected chi connectivity index (χ3v) is 5.97. The zero-order chi connectivity index (χ0) is 23.4. The van der Waals surface area contributed by atoms with Crippen LogP contribution in [0.2, 0.25) is 0 Å². The SMILES string of the molecule is CCCN1CCC(C#N)(NC(=O)C(CC(C)(C)C)Nc2n[nH]c(=O)c3ccccc23)CC1. The summed E-state index contributed by atoms with van der Waals surface area (Å²) in [5.41, 5.74) is -1.28. The molecule has 2 aromatic rings. The number of carbonyl (C=O) groups excluding carboxylic acids is 1. The van der Waals surface area contributed by atoms with Crippen LogP contribution in [0, 0.1) is 16.7 Å². The van der Waals surface area contributed by atoms with Gasteiger partial charge >= 0.3 is 0 Å². The first-order valence-electron chi connectivity index (χ1n) is 11.4. The summed E-state index contributed by atoms with van der Waals surface area (Å²) in [5, 5.41) is 24.1. The fourth-order valence-electron chi connectivity index (χ4n) is 4.27. The van der Waals surface area contributed by atoms with Crippen LogP contribution < -0.4 is 16.2 Å². The highest BCUT2D eigenvalue weighted by Gasteiger charge is 2.38. The standard InChI is InChI=1S/C24H34N6O2/c1-5-12-30-13-10-24(16-25,11-14-30)27-22(32)19(15-23(2,3)4)26-20-17-8-6-7-9-18(17)21(31)29-28-20/h6-9,19H,5,10-15H2,1-4H3,(H,26,28)(H,27,32)(H,29,31). The summed E-state index contributed by atoms with van der Waals surface area (Å²) in [6.07, 6.45) is 2.83. The highest BCUT2D eigenvalue weighted by Crippen LogP contribution is 2.27. The summed E-state index contributed by atoms with van der Waals surface area (Å²) in [7, 11) is 0. The van der Waals surface area contributed by atoms with Crippen LogP contribution in [0.4, 0.5) is 5.82 Å². The number of hydrogen-bond acceptors (Lipinski definition) is 6. The van der Waals surface area contributed by atoms with Gasteiger partial charge < -0.3 is 15.5 Å². The number of piperidine rings is 1. The Kier molecular flexibility index (Phi) is 7.19. The number of fused-ring (bicyclic) bond motifs is 1. The van der Waals surface area contributed by atoms with Crippen LogP contribution in [0.25, 0.3) is 10.8 Å². The Morgan fingerprint density at radius 1 is 1.28 bits per heavy atom. The second-order valence-corrected chi connectivity index (χ2v) is 9.93. The Bertz CT molecular complexity index is 1040. The van der Waals surface area contributed by atoms with Gasteiger partial charge in [-0.3, -0.25) is 9.59 Å². The molecule has 0 saturated carbocycles. The summed E-state index contributed by atoms with van der Waals surface area (Å²) in [5.74, 6) is 0.232. The largest absolute Gasteiger partial charge is 0.356 e. The van der Waals surface area contributed by atoms with Gasteiger partial charge in [-0.2, -0.15) is 10.4 Å². The number of amides is 1. The molecule has 3 N–H and O–H groups in total. The first kappa shape index (κ1) is 23.7. The smallest absolute Gasteiger partial charge is 0.272 e. The van der Waals surface area contributed by atoms with Crippen molar-refractivity contribution in [2.24, 2.45) is 5.41 Å². The van der Waals surface area contributed by atoms with Gasteiger partial charge in [0.15, 0.2) is 5.82 Å². The van der Waals surface area contributed by atoms with Crippen molar-refractivity contribution in [3.8, 4) is 6.07 Å². The highest BCUT2D eigenvalue weighted by atomic mass is 16.2. The molecule has 1 fully saturated rings. The van der Waals surface area contributed by atoms with Crippen molar-refractivity contribution < 1.29 is 4.79 Å². The molecule has 1 saturated heterocycles. The number of nitrogens with one attached hydrogen (secondary N) is 3. The molecular formula is C24H34N6O2. The first-order chi connectivity index (χ1) is 15.2. The third-order valence-electron chi connectivity index (χ3n) is 5.97. The fraction of sp³-hybridized carbons (Fsp3) is 0.583. The van der Waals surface area contributed by atoms with Gasteiger partial charge in [0.2, 0.25) is 5.91 Å². The van der Waals surface area contributed by atoms with E-state index in [0.29, 0.717) is 35.9 Å². The van der Waals surface area contributed by atoms with Crippen molar-refractivity contribution in [3.05, 3.63) is 34.6 Å². The number of nitriles is 1. The van der Waals surface area contributed by atoms with E-state index in [-0.39, 0.29) is 16.9 Å². The molecular weight excluding hydrogens is 404 g/mol. The molecule has 0 bridgehead atoms. The molecule has 1 amide bonds. The number of likely N-dealkylation sites (tertiary alicyclic amines) is 1. The van der Waals surface area contributed by atoms with Crippen LogP contribution in [-0.2, 0) is 4.79 Å². The lowest BCUT2D eigenvalue weighted by atomic mass is 9.85. The Morgan fingerprint density at radius 2 is 1.94 bits per heavy atom. The van der Waals surface area contributed by atoms with Gasteiger partial charge in [0.05, 0.1) is 11.5 Å². The lowest BCUT2D eigenvalue weighted by molar-refractivity contribution is -0.124. The number of hydrogen-bond donors (Lipinski definition) is 3. The number of carbonyl (C=O) groups is 1. The van der Waals surface area contributed by atoms with Gasteiger partial charge in [-0.05, 0) is 43.7 Å². The van der Waals surface area contributed by atoms with E-state index in [1.807, 2.05) is 12.1 Å². The summed E-state index contributed by atoms with van der Waals surface area (Å²) in [4.78, 5) is 27.9. The second kappa shape index (κ2) is 9.70. The number of nitrogens with zero attached hydrogens (tertiary/aromatic N) is 3. The zero-order valence-electron chi connectivity index (χ0n) is 19.5. The van der Waals surface area contributed by atoms with Crippen LogP contribution in [0.3, 0.4) is 0 Å². The van der Waals surface area contributed by atoms with Crippen molar-refractivity contribution in [2.75, 3.05) is 25.0 Å². The molecule has 0 aliphatic carbocycles. The van der Waals surface area contributed by atoms with Crippen molar-refractivity contribution in [1.82, 2.24) is 20.4 Å². The molecule has 1 unspecified atom stereocenters. The van der Waals surface area contributed by atoms with E-state index in [9.17, 15) is 14.9 Å². The van der Waals surface area contributed by atoms with E-state index >= 15 is 0 Å². The summed E-state index contributed by atoms with van der Waals surface area (Å²) < 4.78 is 0. The third kappa shape index (κ3) is 5.65. The lowest BCUT2D eigenvalue weighted by Crippen LogP contribution is -2.57. The van der Waals surface area contributed by atoms with Crippen LogP contribution in [0.1, 0.15) is 53.4 Å². The van der Waals surface area contributed by atoms with Crippen LogP contribution >= 0.6 is 0 Å². The Hall–Kier alpha value is -2.92. The molecule has 8 heteroatoms. The number of aromatic nitrogens is 2. The van der Waals surface area contributed by atoms with Crippen molar-refractivity contribution >= 4 is 22.5 Å². The molecule has 0 radical (unpaired) electrons. The zero-order valence-corrected chi connectivity index (χ0v) is 19.5. The maximum atomic E-state index is 13.4. The van der Waals surface area contributed by atoms with Gasteiger partial charge in [0.1, 0.15) is 11.6 Å². The maximum Gasteiger partial charge on any atom is 0.272 e. The molecule has 8 nitrogen and oxygen atoms in total. The monoisotopic (exact) mass is 438 g/mol. The molecule has 1 aromatic carbocycles. The van der Waals surface area contributed by atoms with E-state index in [2.05, 4.69) is 59.5 Å². The molecule has 1 atom stereocenters. The number of anilines is 1. The van der Waals surface area contributed by atoms with E-state index in [4.69, 9.17) is 0 Å². The average Bonchev–Trinajstić information content (AvgIpc) is 2.76. The van der Waals surface area contributed by atoms with Gasteiger partial charge in [0.25, 0.3) is 5.56 Å². The molecule has 172 valence electrons. The predicted octanol–water partition coefficient (Wildman–Crippen LogP) is 3.02. The molecule has 32 heavy (non-hydrogen) atoms. The van der Waals surface area contributed by atoms with Gasteiger partial charge in [0, 0.05) is 18.5 Å². The Labute approximate surface area is 189 Å². The predicted molar refractivity (Wildman–Crippen MR) is 126 cm³/mol. The minimum Gasteiger partial charge on any atom is -0.356 e. The minimum atomic E-state index is -0.861. The van der Waals surface area contributed by atoms with E-state index in [1.165, 1.54) is 0 Å². The number of rotatable bonds is 7. The maximum absolute atomic E-state index is 13.4. The summed E-state index contributed by atoms with van der Waals surface area (Å²) in [6.45, 7) is 10.9. The van der Waals surface area contributed by atoms with Crippen LogP contribution in [0.5, 0.6) is 0 Å². The van der Waals surface area contributed by atoms with Crippen molar-refractivity contribution in [3.63, 3.8) is 0 Å². The Morgan fingerprint density at radius 3 is 2.53 bits per heavy atom. The normalized spacial score (nSPS) is 17.5. The molecule has 1 aromatic heterocycles. The van der Waals surface area contributed by atoms with Crippen molar-refractivity contribution in [1.29, 1.82) is 5.26 Å². The van der Waals surface area contributed by atoms with E-state index in [0.717, 1.165) is 26.1 Å². The second-order valence-electron chi connectivity index (χ2n) is 9.93. The van der Waals surface area contributed by atoms with E-state index < -0.39 is 11.6 Å². The molecule has 0 spiro atoms. The molecule has 3 rings (SSSR count). The highest BCUT2D eigenvalue weighted by molar-refractivity contribution is 5.93. The van der Waals surface area contributed by atoms with Gasteiger partial charge in [-0.1, -0.05) is 45.9 Å². The summed E-state index contributed by atoms with van der Waals surface area (Å²) in [6, 6.07) is 8.95. The number of benzene rings is 1. The lowest BCUT2D eigenvalue weighted by Gasteiger charge is -2.39. The van der Waals surface area contributed by atoms with Crippen LogP contribution in [0.15, 0.2) is 29.1 Å². The summed E-state index contributed by atoms with van der Waals surface area (Å²) >= 11 is 0. The molecule has 1 aliphatic rings. The fourth-order valence-corrected chi connectivity index (χ4v) is 4.27. The number of H-pyrrole nitrogens is 1. The average molecular weight is 439 g/mol. The van der Waals surface area contributed by atoms with Gasteiger partial charge in [-0.15, -0.1) is 0 Å². The van der Waals surface area contributed by atoms with Crippen LogP contribution in [-0.4, -0.2) is 52.2 Å². The molecule has 2 heterocycles.